The number of hydrogen-bond acceptors (Lipinski definition) is 7. The second-order valence-electron chi connectivity index (χ2n) is 8.05. The molecule has 3 heterocycles. The Balaban J connectivity index is 1.38. The van der Waals surface area contributed by atoms with Gasteiger partial charge in [0.2, 0.25) is 5.82 Å². The quantitative estimate of drug-likeness (QED) is 0.337. The first-order valence-corrected chi connectivity index (χ1v) is 11.4. The number of ether oxygens (including phenoxy) is 1. The van der Waals surface area contributed by atoms with Crippen LogP contribution in [0.25, 0.3) is 22.6 Å². The molecule has 3 aromatic heterocycles. The molecule has 0 fully saturated rings. The Kier molecular flexibility index (Phi) is 6.18. The maximum atomic E-state index is 6.61. The van der Waals surface area contributed by atoms with Crippen molar-refractivity contribution in [2.24, 2.45) is 0 Å². The lowest BCUT2D eigenvalue weighted by molar-refractivity contribution is 0.305. The molecule has 0 saturated carbocycles. The van der Waals surface area contributed by atoms with Crippen LogP contribution in [0.4, 0.5) is 0 Å². The van der Waals surface area contributed by atoms with Crippen molar-refractivity contribution in [2.45, 2.75) is 39.7 Å². The fourth-order valence-corrected chi connectivity index (χ4v) is 4.31. The molecular weight excluding hydrogens is 452 g/mol. The van der Waals surface area contributed by atoms with Gasteiger partial charge in [-0.1, -0.05) is 37.1 Å². The van der Waals surface area contributed by atoms with E-state index in [-0.39, 0.29) is 0 Å². The van der Waals surface area contributed by atoms with E-state index >= 15 is 0 Å². The van der Waals surface area contributed by atoms with E-state index in [1.807, 2.05) is 18.2 Å². The molecule has 5 rings (SSSR count). The average Bonchev–Trinajstić information content (AvgIpc) is 3.50. The standard InChI is InChI=1S/C24H23ClN8O/c1-3-5-15-9-17(34-12-16-6-4-7-18(22(16)25)23-30-32-33-31-23)8-14(2)19(15)10-21-28-20-11-26-13-27-24(20)29-21/h4,6-9,11,13H,3,5,10,12H2,1-2H3,(H,26,27,28,29)(H,30,31,32,33). The van der Waals surface area contributed by atoms with Crippen molar-refractivity contribution in [2.75, 3.05) is 0 Å². The molecule has 5 aromatic rings. The first-order chi connectivity index (χ1) is 16.6. The summed E-state index contributed by atoms with van der Waals surface area (Å²) < 4.78 is 6.18. The van der Waals surface area contributed by atoms with Crippen LogP contribution in [-0.4, -0.2) is 40.6 Å². The van der Waals surface area contributed by atoms with E-state index in [0.717, 1.165) is 41.1 Å². The number of benzene rings is 2. The lowest BCUT2D eigenvalue weighted by atomic mass is 9.95. The number of imidazole rings is 1. The number of rotatable bonds is 8. The van der Waals surface area contributed by atoms with Crippen LogP contribution in [-0.2, 0) is 19.4 Å². The molecule has 0 spiro atoms. The Morgan fingerprint density at radius 3 is 2.85 bits per heavy atom. The summed E-state index contributed by atoms with van der Waals surface area (Å²) in [6.07, 6.45) is 5.92. The van der Waals surface area contributed by atoms with Crippen molar-refractivity contribution in [3.8, 4) is 17.1 Å². The predicted octanol–water partition coefficient (Wildman–Crippen LogP) is 4.62. The molecule has 172 valence electrons. The summed E-state index contributed by atoms with van der Waals surface area (Å²) in [4.78, 5) is 16.2. The summed E-state index contributed by atoms with van der Waals surface area (Å²) in [6.45, 7) is 4.61. The lowest BCUT2D eigenvalue weighted by Crippen LogP contribution is -2.03. The SMILES string of the molecule is CCCc1cc(OCc2cccc(-c3nn[nH]n3)c2Cl)cc(C)c1Cc1nc2ncncc2[nH]1. The zero-order valence-electron chi connectivity index (χ0n) is 18.8. The van der Waals surface area contributed by atoms with E-state index < -0.39 is 0 Å². The van der Waals surface area contributed by atoms with Crippen LogP contribution in [0.3, 0.4) is 0 Å². The largest absolute Gasteiger partial charge is 0.489 e. The zero-order chi connectivity index (χ0) is 23.5. The highest BCUT2D eigenvalue weighted by Crippen LogP contribution is 2.30. The van der Waals surface area contributed by atoms with E-state index in [1.165, 1.54) is 17.5 Å². The van der Waals surface area contributed by atoms with E-state index in [0.29, 0.717) is 35.1 Å². The molecule has 0 amide bonds. The molecule has 2 aromatic carbocycles. The maximum Gasteiger partial charge on any atom is 0.206 e. The molecule has 0 atom stereocenters. The van der Waals surface area contributed by atoms with Gasteiger partial charge in [-0.2, -0.15) is 5.21 Å². The molecule has 0 unspecified atom stereocenters. The van der Waals surface area contributed by atoms with Gasteiger partial charge in [-0.3, -0.25) is 0 Å². The van der Waals surface area contributed by atoms with Gasteiger partial charge in [-0.25, -0.2) is 15.0 Å². The minimum absolute atomic E-state index is 0.330. The van der Waals surface area contributed by atoms with Crippen LogP contribution in [0.15, 0.2) is 42.9 Å². The van der Waals surface area contributed by atoms with Crippen LogP contribution in [0.2, 0.25) is 5.02 Å². The second-order valence-corrected chi connectivity index (χ2v) is 8.43. The Bertz CT molecular complexity index is 1400. The number of aryl methyl sites for hydroxylation is 2. The molecule has 0 bridgehead atoms. The fourth-order valence-electron chi connectivity index (χ4n) is 4.05. The van der Waals surface area contributed by atoms with Gasteiger partial charge in [0.15, 0.2) is 5.65 Å². The van der Waals surface area contributed by atoms with Crippen molar-refractivity contribution in [1.29, 1.82) is 0 Å². The highest BCUT2D eigenvalue weighted by molar-refractivity contribution is 6.34. The minimum Gasteiger partial charge on any atom is -0.489 e. The molecular formula is C24H23ClN8O. The van der Waals surface area contributed by atoms with Gasteiger partial charge in [-0.05, 0) is 53.4 Å². The van der Waals surface area contributed by atoms with Crippen LogP contribution in [0, 0.1) is 6.92 Å². The van der Waals surface area contributed by atoms with Crippen molar-refractivity contribution in [1.82, 2.24) is 40.6 Å². The van der Waals surface area contributed by atoms with Crippen molar-refractivity contribution < 1.29 is 4.74 Å². The molecule has 34 heavy (non-hydrogen) atoms. The third kappa shape index (κ3) is 4.47. The van der Waals surface area contributed by atoms with Gasteiger partial charge in [0.05, 0.1) is 11.2 Å². The van der Waals surface area contributed by atoms with Crippen molar-refractivity contribution in [3.05, 3.63) is 76.0 Å². The van der Waals surface area contributed by atoms with Crippen LogP contribution in [0.1, 0.15) is 41.4 Å². The highest BCUT2D eigenvalue weighted by atomic mass is 35.5. The third-order valence-corrected chi connectivity index (χ3v) is 6.12. The summed E-state index contributed by atoms with van der Waals surface area (Å²) >= 11 is 6.61. The van der Waals surface area contributed by atoms with Crippen molar-refractivity contribution in [3.63, 3.8) is 0 Å². The first kappa shape index (κ1) is 22.0. The molecule has 0 aliphatic carbocycles. The van der Waals surface area contributed by atoms with Crippen LogP contribution < -0.4 is 4.74 Å². The Labute approximate surface area is 201 Å². The monoisotopic (exact) mass is 474 g/mol. The summed E-state index contributed by atoms with van der Waals surface area (Å²) in [6, 6.07) is 9.88. The molecule has 0 aliphatic rings. The Morgan fingerprint density at radius 1 is 1.15 bits per heavy atom. The zero-order valence-corrected chi connectivity index (χ0v) is 19.6. The van der Waals surface area contributed by atoms with Crippen LogP contribution in [0.5, 0.6) is 5.75 Å². The van der Waals surface area contributed by atoms with Gasteiger partial charge >= 0.3 is 0 Å². The summed E-state index contributed by atoms with van der Waals surface area (Å²) in [7, 11) is 0. The Morgan fingerprint density at radius 2 is 2.06 bits per heavy atom. The number of aromatic amines is 2. The smallest absolute Gasteiger partial charge is 0.206 e. The van der Waals surface area contributed by atoms with Crippen LogP contribution >= 0.6 is 11.6 Å². The normalized spacial score (nSPS) is 11.3. The van der Waals surface area contributed by atoms with E-state index in [4.69, 9.17) is 16.3 Å². The summed E-state index contributed by atoms with van der Waals surface area (Å²) in [5.41, 5.74) is 6.73. The topological polar surface area (TPSA) is 118 Å². The summed E-state index contributed by atoms with van der Waals surface area (Å²) in [5, 5.41) is 14.7. The van der Waals surface area contributed by atoms with Gasteiger partial charge < -0.3 is 9.72 Å². The number of halogens is 1. The molecule has 2 N–H and O–H groups in total. The fraction of sp³-hybridized carbons (Fsp3) is 0.250. The molecule has 0 aliphatic heterocycles. The van der Waals surface area contributed by atoms with Gasteiger partial charge in [0.1, 0.15) is 30.0 Å². The van der Waals surface area contributed by atoms with Crippen molar-refractivity contribution >= 4 is 22.8 Å². The van der Waals surface area contributed by atoms with Gasteiger partial charge in [0.25, 0.3) is 0 Å². The number of tetrazole rings is 1. The molecule has 9 nitrogen and oxygen atoms in total. The number of hydrogen-bond donors (Lipinski definition) is 2. The van der Waals surface area contributed by atoms with Gasteiger partial charge in [0, 0.05) is 17.5 Å². The first-order valence-electron chi connectivity index (χ1n) is 11.0. The number of fused-ring (bicyclic) bond motifs is 1. The highest BCUT2D eigenvalue weighted by Gasteiger charge is 2.15. The number of aromatic nitrogens is 8. The molecule has 10 heteroatoms. The average molecular weight is 475 g/mol. The summed E-state index contributed by atoms with van der Waals surface area (Å²) in [5.74, 6) is 2.13. The maximum absolute atomic E-state index is 6.61. The number of nitrogens with one attached hydrogen (secondary N) is 2. The van der Waals surface area contributed by atoms with E-state index in [1.54, 1.807) is 6.20 Å². The number of nitrogens with zero attached hydrogens (tertiary/aromatic N) is 6. The molecule has 0 radical (unpaired) electrons. The lowest BCUT2D eigenvalue weighted by Gasteiger charge is -2.16. The predicted molar refractivity (Wildman–Crippen MR) is 129 cm³/mol. The molecule has 0 saturated heterocycles. The van der Waals surface area contributed by atoms with Gasteiger partial charge in [-0.15, -0.1) is 10.2 Å². The Hall–Kier alpha value is -3.85. The van der Waals surface area contributed by atoms with E-state index in [9.17, 15) is 0 Å². The number of H-pyrrole nitrogens is 2. The second kappa shape index (κ2) is 9.56. The minimum atomic E-state index is 0.330. The third-order valence-electron chi connectivity index (χ3n) is 5.67. The van der Waals surface area contributed by atoms with E-state index in [2.05, 4.69) is 66.5 Å².